The third-order valence-corrected chi connectivity index (χ3v) is 3.77. The average Bonchev–Trinajstić information content (AvgIpc) is 3.02. The molecule has 0 saturated carbocycles. The highest BCUT2D eigenvalue weighted by Gasteiger charge is 2.50. The first kappa shape index (κ1) is 14.5. The summed E-state index contributed by atoms with van der Waals surface area (Å²) < 4.78 is 7.18. The fourth-order valence-corrected chi connectivity index (χ4v) is 2.77. The second kappa shape index (κ2) is 5.10. The molecule has 3 heterocycles. The molecule has 22 heavy (non-hydrogen) atoms. The number of rotatable bonds is 3. The molecule has 0 spiro atoms. The summed E-state index contributed by atoms with van der Waals surface area (Å²) in [4.78, 5) is 22.3. The zero-order valence-electron chi connectivity index (χ0n) is 11.6. The summed E-state index contributed by atoms with van der Waals surface area (Å²) in [5.41, 5.74) is 3.95. The quantitative estimate of drug-likeness (QED) is 0.507. The normalized spacial score (nSPS) is 28.0. The van der Waals surface area contributed by atoms with E-state index in [1.54, 1.807) is 0 Å². The summed E-state index contributed by atoms with van der Waals surface area (Å²) in [6.45, 7) is -0.258. The van der Waals surface area contributed by atoms with Gasteiger partial charge in [0, 0.05) is 6.42 Å². The smallest absolute Gasteiger partial charge is 0.280 e. The van der Waals surface area contributed by atoms with E-state index in [1.807, 2.05) is 0 Å². The molecule has 0 radical (unpaired) electrons. The molecular weight excluding hydrogens is 290 g/mol. The van der Waals surface area contributed by atoms with E-state index in [1.165, 1.54) is 10.9 Å². The number of imidazole rings is 1. The minimum atomic E-state index is -1.34. The van der Waals surface area contributed by atoms with Crippen LogP contribution in [0.4, 0.5) is 5.95 Å². The van der Waals surface area contributed by atoms with E-state index in [0.29, 0.717) is 0 Å². The summed E-state index contributed by atoms with van der Waals surface area (Å²) in [5, 5.41) is 19.7. The molecule has 0 bridgehead atoms. The molecule has 3 atom stereocenters. The molecule has 1 aliphatic heterocycles. The summed E-state index contributed by atoms with van der Waals surface area (Å²) in [5.74, 6) is 2.37. The van der Waals surface area contributed by atoms with Crippen LogP contribution in [0.15, 0.2) is 11.1 Å². The molecule has 1 saturated heterocycles. The molecule has 0 aromatic carbocycles. The van der Waals surface area contributed by atoms with Gasteiger partial charge in [0.2, 0.25) is 5.95 Å². The minimum Gasteiger partial charge on any atom is -0.394 e. The Bertz CT molecular complexity index is 807. The third-order valence-electron chi connectivity index (χ3n) is 3.77. The fourth-order valence-electron chi connectivity index (χ4n) is 2.77. The van der Waals surface area contributed by atoms with Gasteiger partial charge in [-0.05, 0) is 0 Å². The Hall–Kier alpha value is -2.41. The SMILES string of the molecule is C#CC[C@@]1(n2cnc3c(=O)[nH]c(N)nc32)O[C@H](CO)C[C@H]1O. The molecule has 1 fully saturated rings. The van der Waals surface area contributed by atoms with Crippen LogP contribution in [0.1, 0.15) is 12.8 Å². The molecule has 3 rings (SSSR count). The zero-order valence-corrected chi connectivity index (χ0v) is 11.6. The van der Waals surface area contributed by atoms with Crippen molar-refractivity contribution in [1.82, 2.24) is 19.5 Å². The highest BCUT2D eigenvalue weighted by molar-refractivity contribution is 5.70. The van der Waals surface area contributed by atoms with Crippen LogP contribution in [0.25, 0.3) is 11.2 Å². The van der Waals surface area contributed by atoms with Crippen molar-refractivity contribution in [1.29, 1.82) is 0 Å². The number of aliphatic hydroxyl groups excluding tert-OH is 2. The van der Waals surface area contributed by atoms with E-state index in [0.717, 1.165) is 0 Å². The van der Waals surface area contributed by atoms with Crippen molar-refractivity contribution in [3.63, 3.8) is 0 Å². The van der Waals surface area contributed by atoms with E-state index >= 15 is 0 Å². The molecule has 2 aromatic rings. The first-order valence-corrected chi connectivity index (χ1v) is 6.65. The zero-order chi connectivity index (χ0) is 15.9. The Labute approximate surface area is 124 Å². The number of anilines is 1. The first-order valence-electron chi connectivity index (χ1n) is 6.65. The van der Waals surface area contributed by atoms with Gasteiger partial charge >= 0.3 is 0 Å². The second-order valence-corrected chi connectivity index (χ2v) is 5.14. The lowest BCUT2D eigenvalue weighted by atomic mass is 10.0. The van der Waals surface area contributed by atoms with Crippen LogP contribution in [-0.4, -0.2) is 48.5 Å². The van der Waals surface area contributed by atoms with E-state index < -0.39 is 23.5 Å². The molecule has 1 aliphatic rings. The first-order chi connectivity index (χ1) is 10.5. The van der Waals surface area contributed by atoms with Gasteiger partial charge in [0.05, 0.1) is 25.5 Å². The molecular formula is C13H15N5O4. The van der Waals surface area contributed by atoms with Crippen LogP contribution in [0.3, 0.4) is 0 Å². The number of fused-ring (bicyclic) bond motifs is 1. The number of nitrogens with zero attached hydrogens (tertiary/aromatic N) is 3. The molecule has 116 valence electrons. The molecule has 0 amide bonds. The number of nitrogens with one attached hydrogen (secondary N) is 1. The lowest BCUT2D eigenvalue weighted by Crippen LogP contribution is -2.42. The molecule has 2 aromatic heterocycles. The van der Waals surface area contributed by atoms with Crippen molar-refractivity contribution in [3.05, 3.63) is 16.7 Å². The van der Waals surface area contributed by atoms with Gasteiger partial charge in [0.15, 0.2) is 16.9 Å². The third kappa shape index (κ3) is 1.97. The van der Waals surface area contributed by atoms with Gasteiger partial charge in [0.25, 0.3) is 5.56 Å². The van der Waals surface area contributed by atoms with Gasteiger partial charge in [-0.25, -0.2) is 4.98 Å². The Morgan fingerprint density at radius 3 is 3.09 bits per heavy atom. The maximum absolute atomic E-state index is 11.9. The molecule has 5 N–H and O–H groups in total. The average molecular weight is 305 g/mol. The molecule has 0 unspecified atom stereocenters. The van der Waals surface area contributed by atoms with E-state index in [-0.39, 0.29) is 36.6 Å². The predicted octanol–water partition coefficient (Wildman–Crippen LogP) is -1.48. The van der Waals surface area contributed by atoms with Crippen LogP contribution >= 0.6 is 0 Å². The van der Waals surface area contributed by atoms with Crippen LogP contribution in [-0.2, 0) is 10.5 Å². The van der Waals surface area contributed by atoms with Crippen molar-refractivity contribution >= 4 is 17.1 Å². The van der Waals surface area contributed by atoms with Gasteiger partial charge in [0.1, 0.15) is 6.10 Å². The number of nitrogen functional groups attached to an aromatic ring is 1. The monoisotopic (exact) mass is 305 g/mol. The predicted molar refractivity (Wildman–Crippen MR) is 76.6 cm³/mol. The number of terminal acetylenes is 1. The maximum Gasteiger partial charge on any atom is 0.280 e. The van der Waals surface area contributed by atoms with Crippen molar-refractivity contribution < 1.29 is 14.9 Å². The van der Waals surface area contributed by atoms with Crippen LogP contribution in [0, 0.1) is 12.3 Å². The number of aliphatic hydroxyl groups is 2. The summed E-state index contributed by atoms with van der Waals surface area (Å²) in [6.07, 6.45) is 5.40. The number of nitrogens with two attached hydrogens (primary N) is 1. The largest absolute Gasteiger partial charge is 0.394 e. The summed E-state index contributed by atoms with van der Waals surface area (Å²) in [6, 6.07) is 0. The number of H-pyrrole nitrogens is 1. The van der Waals surface area contributed by atoms with E-state index in [9.17, 15) is 15.0 Å². The van der Waals surface area contributed by atoms with Crippen molar-refractivity contribution in [2.75, 3.05) is 12.3 Å². The topological polar surface area (TPSA) is 139 Å². The van der Waals surface area contributed by atoms with Crippen molar-refractivity contribution in [2.45, 2.75) is 30.8 Å². The second-order valence-electron chi connectivity index (χ2n) is 5.14. The van der Waals surface area contributed by atoms with Crippen LogP contribution in [0.2, 0.25) is 0 Å². The van der Waals surface area contributed by atoms with Gasteiger partial charge in [-0.1, -0.05) is 0 Å². The van der Waals surface area contributed by atoms with Crippen molar-refractivity contribution in [3.8, 4) is 12.3 Å². The Balaban J connectivity index is 2.23. The lowest BCUT2D eigenvalue weighted by molar-refractivity contribution is -0.142. The van der Waals surface area contributed by atoms with Crippen LogP contribution in [0.5, 0.6) is 0 Å². The molecule has 0 aliphatic carbocycles. The van der Waals surface area contributed by atoms with E-state index in [4.69, 9.17) is 16.9 Å². The molecule has 9 heteroatoms. The van der Waals surface area contributed by atoms with Gasteiger partial charge in [-0.3, -0.25) is 14.3 Å². The fraction of sp³-hybridized carbons (Fsp3) is 0.462. The van der Waals surface area contributed by atoms with Gasteiger partial charge in [-0.15, -0.1) is 12.3 Å². The number of hydrogen-bond donors (Lipinski definition) is 4. The highest BCUT2D eigenvalue weighted by atomic mass is 16.6. The van der Waals surface area contributed by atoms with Gasteiger partial charge in [-0.2, -0.15) is 4.98 Å². The number of ether oxygens (including phenoxy) is 1. The van der Waals surface area contributed by atoms with Crippen LogP contribution < -0.4 is 11.3 Å². The Kier molecular flexibility index (Phi) is 3.37. The number of hydrogen-bond acceptors (Lipinski definition) is 7. The summed E-state index contributed by atoms with van der Waals surface area (Å²) in [7, 11) is 0. The summed E-state index contributed by atoms with van der Waals surface area (Å²) >= 11 is 0. The molecule has 9 nitrogen and oxygen atoms in total. The lowest BCUT2D eigenvalue weighted by Gasteiger charge is -2.32. The maximum atomic E-state index is 11.9. The standard InChI is InChI=1S/C13H15N5O4/c1-2-3-13(8(20)4-7(5-19)22-13)18-6-15-9-10(18)16-12(14)17-11(9)21/h1,6-8,19-20H,3-5H2,(H3,14,16,17,21)/t7-,8+,13+/m0/s1. The number of aromatic amines is 1. The number of aromatic nitrogens is 4. The van der Waals surface area contributed by atoms with E-state index in [2.05, 4.69) is 20.9 Å². The highest BCUT2D eigenvalue weighted by Crippen LogP contribution is 2.39. The van der Waals surface area contributed by atoms with Gasteiger partial charge < -0.3 is 20.7 Å². The van der Waals surface area contributed by atoms with Crippen molar-refractivity contribution in [2.24, 2.45) is 0 Å². The minimum absolute atomic E-state index is 0.0184. The Morgan fingerprint density at radius 1 is 1.68 bits per heavy atom. The Morgan fingerprint density at radius 2 is 2.45 bits per heavy atom.